The van der Waals surface area contributed by atoms with E-state index in [0.717, 1.165) is 44.9 Å². The SMILES string of the molecule is C[C@@H]1CC2OC3(OC2C(C)(C)O)[C@H]1C1(C)CCC24CC25CCC(O[C@@H]2OC[C@@H](O)C(O)[C@H]2O)C(C)(C)[C@@H]5CCC4[C@]1(C)[C@H]3O. The highest BCUT2D eigenvalue weighted by Gasteiger charge is 2.88. The Balaban J connectivity index is 1.10. The van der Waals surface area contributed by atoms with Crippen molar-refractivity contribution in [2.75, 3.05) is 6.61 Å². The van der Waals surface area contributed by atoms with E-state index in [0.29, 0.717) is 17.8 Å². The fourth-order valence-electron chi connectivity index (χ4n) is 14.0. The van der Waals surface area contributed by atoms with Gasteiger partial charge in [0, 0.05) is 11.3 Å². The molecule has 9 heteroatoms. The van der Waals surface area contributed by atoms with Gasteiger partial charge in [-0.05, 0) is 105 Å². The molecule has 17 atom stereocenters. The molecule has 9 unspecified atom stereocenters. The Kier molecular flexibility index (Phi) is 6.33. The zero-order valence-corrected chi connectivity index (χ0v) is 27.7. The Hall–Kier alpha value is -0.360. The minimum Gasteiger partial charge on any atom is -0.388 e. The van der Waals surface area contributed by atoms with Gasteiger partial charge in [-0.1, -0.05) is 34.6 Å². The van der Waals surface area contributed by atoms with Crippen molar-refractivity contribution in [3.8, 4) is 0 Å². The Bertz CT molecular complexity index is 1200. The highest BCUT2D eigenvalue weighted by Crippen LogP contribution is 2.90. The summed E-state index contributed by atoms with van der Waals surface area (Å²) in [4.78, 5) is 0. The number of hydrogen-bond donors (Lipinski definition) is 5. The molecule has 0 aromatic carbocycles. The summed E-state index contributed by atoms with van der Waals surface area (Å²) in [5, 5.41) is 54.5. The lowest BCUT2D eigenvalue weighted by Gasteiger charge is -2.63. The molecule has 9 nitrogen and oxygen atoms in total. The summed E-state index contributed by atoms with van der Waals surface area (Å²) < 4.78 is 25.8. The molecule has 5 N–H and O–H groups in total. The van der Waals surface area contributed by atoms with E-state index in [-0.39, 0.29) is 51.8 Å². The molecule has 2 bridgehead atoms. The van der Waals surface area contributed by atoms with Crippen molar-refractivity contribution in [3.63, 3.8) is 0 Å². The van der Waals surface area contributed by atoms with Crippen LogP contribution in [0.15, 0.2) is 0 Å². The summed E-state index contributed by atoms with van der Waals surface area (Å²) in [5.74, 6) is 0.108. The first-order valence-electron chi connectivity index (χ1n) is 17.5. The van der Waals surface area contributed by atoms with Gasteiger partial charge in [0.05, 0.1) is 24.4 Å². The van der Waals surface area contributed by atoms with E-state index in [1.807, 2.05) is 0 Å². The summed E-state index contributed by atoms with van der Waals surface area (Å²) >= 11 is 0. The zero-order chi connectivity index (χ0) is 31.6. The predicted octanol–water partition coefficient (Wildman–Crippen LogP) is 3.12. The number of rotatable bonds is 3. The zero-order valence-electron chi connectivity index (χ0n) is 27.7. The molecule has 8 fully saturated rings. The average molecular weight is 621 g/mol. The van der Waals surface area contributed by atoms with Crippen LogP contribution in [-0.4, -0.2) is 92.5 Å². The first-order valence-corrected chi connectivity index (χ1v) is 17.5. The van der Waals surface area contributed by atoms with Crippen LogP contribution in [0.25, 0.3) is 0 Å². The van der Waals surface area contributed by atoms with E-state index < -0.39 is 48.2 Å². The van der Waals surface area contributed by atoms with Crippen molar-refractivity contribution >= 4 is 0 Å². The van der Waals surface area contributed by atoms with Crippen LogP contribution in [0.3, 0.4) is 0 Å². The Morgan fingerprint density at radius 3 is 2.23 bits per heavy atom. The van der Waals surface area contributed by atoms with Gasteiger partial charge in [0.1, 0.15) is 30.5 Å². The van der Waals surface area contributed by atoms with Crippen LogP contribution in [0.1, 0.15) is 99.8 Å². The summed E-state index contributed by atoms with van der Waals surface area (Å²) in [6.45, 7) is 15.2. The topological polar surface area (TPSA) is 138 Å². The van der Waals surface area contributed by atoms with Gasteiger partial charge in [0.15, 0.2) is 12.1 Å². The summed E-state index contributed by atoms with van der Waals surface area (Å²) in [6, 6.07) is 0. The lowest BCUT2D eigenvalue weighted by atomic mass is 9.41. The molecule has 8 rings (SSSR count). The van der Waals surface area contributed by atoms with Crippen LogP contribution in [0.5, 0.6) is 0 Å². The van der Waals surface area contributed by atoms with Crippen molar-refractivity contribution in [3.05, 3.63) is 0 Å². The van der Waals surface area contributed by atoms with E-state index in [2.05, 4.69) is 34.6 Å². The molecule has 0 amide bonds. The molecule has 3 saturated heterocycles. The molecule has 3 heterocycles. The van der Waals surface area contributed by atoms with Crippen LogP contribution in [0.4, 0.5) is 0 Å². The summed E-state index contributed by atoms with van der Waals surface area (Å²) in [6.07, 6.45) is 2.00. The van der Waals surface area contributed by atoms with Gasteiger partial charge >= 0.3 is 0 Å². The number of fused-ring (bicyclic) bond motifs is 4. The molecular weight excluding hydrogens is 564 g/mol. The minimum atomic E-state index is -1.28. The Morgan fingerprint density at radius 1 is 0.841 bits per heavy atom. The van der Waals surface area contributed by atoms with Crippen LogP contribution in [0.2, 0.25) is 0 Å². The molecule has 3 aliphatic heterocycles. The smallest absolute Gasteiger partial charge is 0.199 e. The third kappa shape index (κ3) is 3.38. The fourth-order valence-corrected chi connectivity index (χ4v) is 14.0. The molecule has 250 valence electrons. The predicted molar refractivity (Wildman–Crippen MR) is 159 cm³/mol. The van der Waals surface area contributed by atoms with Crippen molar-refractivity contribution in [2.45, 2.75) is 160 Å². The molecule has 8 aliphatic rings. The summed E-state index contributed by atoms with van der Waals surface area (Å²) in [5.41, 5.74) is -1.39. The van der Waals surface area contributed by atoms with E-state index in [9.17, 15) is 25.5 Å². The first-order chi connectivity index (χ1) is 20.4. The van der Waals surface area contributed by atoms with Gasteiger partial charge in [-0.25, -0.2) is 0 Å². The monoisotopic (exact) mass is 620 g/mol. The second-order valence-electron chi connectivity index (χ2n) is 18.3. The normalized spacial score (nSPS) is 62.2. The van der Waals surface area contributed by atoms with Gasteiger partial charge in [-0.3, -0.25) is 0 Å². The van der Waals surface area contributed by atoms with E-state index in [4.69, 9.17) is 18.9 Å². The standard InChI is InChI=1S/C35H56O9/c1-17-14-19-26(30(4,5)40)44-35(43-19)25(17)31(6)12-13-34-16-33(34)11-10-22(42-27-24(38)23(37)18(36)15-41-27)29(2,3)20(33)8-9-21(34)32(31,7)28(35)39/h17-28,36-40H,8-16H2,1-7H3/t17-,18-,19?,20+,21?,22?,23?,24-,25-,26?,27+,28-,31?,32-,33?,34?,35?/m1/s1. The van der Waals surface area contributed by atoms with Crippen LogP contribution < -0.4 is 0 Å². The van der Waals surface area contributed by atoms with E-state index in [1.165, 1.54) is 6.42 Å². The first kappa shape index (κ1) is 30.9. The maximum Gasteiger partial charge on any atom is 0.199 e. The molecule has 44 heavy (non-hydrogen) atoms. The number of ether oxygens (including phenoxy) is 4. The van der Waals surface area contributed by atoms with Crippen molar-refractivity contribution < 1.29 is 44.5 Å². The lowest BCUT2D eigenvalue weighted by Crippen LogP contribution is -2.61. The molecule has 0 aromatic rings. The van der Waals surface area contributed by atoms with Gasteiger partial charge in [0.2, 0.25) is 0 Å². The Labute approximate surface area is 262 Å². The third-order valence-electron chi connectivity index (χ3n) is 15.9. The highest BCUT2D eigenvalue weighted by atomic mass is 16.8. The number of hydrogen-bond acceptors (Lipinski definition) is 9. The average Bonchev–Trinajstić information content (AvgIpc) is 3.45. The second kappa shape index (κ2) is 9.00. The fraction of sp³-hybridized carbons (Fsp3) is 1.00. The largest absolute Gasteiger partial charge is 0.388 e. The van der Waals surface area contributed by atoms with E-state index in [1.54, 1.807) is 13.8 Å². The van der Waals surface area contributed by atoms with Crippen LogP contribution in [-0.2, 0) is 18.9 Å². The van der Waals surface area contributed by atoms with E-state index >= 15 is 0 Å². The van der Waals surface area contributed by atoms with Crippen LogP contribution >= 0.6 is 0 Å². The van der Waals surface area contributed by atoms with Gasteiger partial charge in [-0.2, -0.15) is 0 Å². The molecule has 5 saturated carbocycles. The highest BCUT2D eigenvalue weighted by molar-refractivity contribution is 5.34. The number of aliphatic hydroxyl groups excluding tert-OH is 4. The van der Waals surface area contributed by atoms with Gasteiger partial charge in [0.25, 0.3) is 0 Å². The van der Waals surface area contributed by atoms with Gasteiger partial charge in [-0.15, -0.1) is 0 Å². The maximum absolute atomic E-state index is 12.7. The Morgan fingerprint density at radius 2 is 1.52 bits per heavy atom. The van der Waals surface area contributed by atoms with Gasteiger partial charge < -0.3 is 44.5 Å². The van der Waals surface area contributed by atoms with Crippen molar-refractivity contribution in [2.24, 2.45) is 50.7 Å². The van der Waals surface area contributed by atoms with Crippen LogP contribution in [0, 0.1) is 50.7 Å². The minimum absolute atomic E-state index is 0.0559. The number of aliphatic hydroxyl groups is 5. The molecule has 5 aliphatic carbocycles. The molecule has 0 radical (unpaired) electrons. The summed E-state index contributed by atoms with van der Waals surface area (Å²) in [7, 11) is 0. The molecule has 0 aromatic heterocycles. The van der Waals surface area contributed by atoms with Crippen molar-refractivity contribution in [1.29, 1.82) is 0 Å². The quantitative estimate of drug-likeness (QED) is 0.301. The van der Waals surface area contributed by atoms with Crippen molar-refractivity contribution in [1.82, 2.24) is 0 Å². The third-order valence-corrected chi connectivity index (χ3v) is 15.9. The molecular formula is C35H56O9. The molecule has 3 spiro atoms. The maximum atomic E-state index is 12.7. The lowest BCUT2D eigenvalue weighted by molar-refractivity contribution is -0.303. The second-order valence-corrected chi connectivity index (χ2v) is 18.3.